The predicted molar refractivity (Wildman–Crippen MR) is 122 cm³/mol. The van der Waals surface area contributed by atoms with Gasteiger partial charge in [-0.15, -0.1) is 0 Å². The number of rotatable bonds is 6. The monoisotopic (exact) mass is 501 g/mol. The minimum atomic E-state index is -3.09. The van der Waals surface area contributed by atoms with Crippen LogP contribution < -0.4 is 10.1 Å². The topological polar surface area (TPSA) is 107 Å². The van der Waals surface area contributed by atoms with Crippen molar-refractivity contribution in [1.82, 2.24) is 29.3 Å². The number of aromatic nitrogens is 5. The first-order valence-electron chi connectivity index (χ1n) is 10.5. The van der Waals surface area contributed by atoms with Gasteiger partial charge in [-0.05, 0) is 30.7 Å². The van der Waals surface area contributed by atoms with Gasteiger partial charge in [0.1, 0.15) is 23.0 Å². The van der Waals surface area contributed by atoms with Gasteiger partial charge in [0.15, 0.2) is 5.65 Å². The average molecular weight is 502 g/mol. The van der Waals surface area contributed by atoms with Crippen LogP contribution in [0.4, 0.5) is 14.5 Å². The molecule has 1 fully saturated rings. The molecule has 0 bridgehead atoms. The van der Waals surface area contributed by atoms with E-state index < -0.39 is 18.6 Å². The van der Waals surface area contributed by atoms with Crippen LogP contribution in [-0.4, -0.2) is 61.3 Å². The van der Waals surface area contributed by atoms with Crippen LogP contribution in [-0.2, 0) is 4.79 Å². The normalized spacial score (nSPS) is 15.9. The van der Waals surface area contributed by atoms with Crippen LogP contribution in [0.25, 0.3) is 16.9 Å². The molecule has 0 saturated carbocycles. The van der Waals surface area contributed by atoms with Gasteiger partial charge in [0, 0.05) is 36.6 Å². The van der Waals surface area contributed by atoms with Crippen LogP contribution in [0.5, 0.6) is 5.75 Å². The van der Waals surface area contributed by atoms with Crippen molar-refractivity contribution in [2.45, 2.75) is 19.1 Å². The number of halogens is 3. The second kappa shape index (κ2) is 8.95. The van der Waals surface area contributed by atoms with Crippen LogP contribution in [0, 0.1) is 0 Å². The molecule has 10 nitrogen and oxygen atoms in total. The molecular weight excluding hydrogens is 484 g/mol. The SMILES string of the molecule is CN1CCC(n2cc(NC(=O)c3cnn4cccnc34)c(-c3cc(Cl)ccc3OC(F)F)n2)C1=O. The molecule has 0 radical (unpaired) electrons. The Labute approximate surface area is 202 Å². The van der Waals surface area contributed by atoms with E-state index in [1.54, 1.807) is 24.2 Å². The van der Waals surface area contributed by atoms with E-state index in [-0.39, 0.29) is 39.2 Å². The first-order valence-corrected chi connectivity index (χ1v) is 10.9. The zero-order chi connectivity index (χ0) is 24.7. The lowest BCUT2D eigenvalue weighted by molar-refractivity contribution is -0.129. The first kappa shape index (κ1) is 22.7. The number of alkyl halides is 2. The Hall–Kier alpha value is -4.06. The summed E-state index contributed by atoms with van der Waals surface area (Å²) in [4.78, 5) is 31.5. The Kier molecular flexibility index (Phi) is 5.81. The highest BCUT2D eigenvalue weighted by Crippen LogP contribution is 2.38. The molecule has 1 aromatic carbocycles. The Morgan fingerprint density at radius 3 is 2.91 bits per heavy atom. The number of nitrogens with zero attached hydrogens (tertiary/aromatic N) is 6. The van der Waals surface area contributed by atoms with E-state index >= 15 is 0 Å². The van der Waals surface area contributed by atoms with Gasteiger partial charge in [0.25, 0.3) is 5.91 Å². The van der Waals surface area contributed by atoms with Crippen molar-refractivity contribution in [3.8, 4) is 17.0 Å². The summed E-state index contributed by atoms with van der Waals surface area (Å²) in [6.45, 7) is -2.56. The maximum absolute atomic E-state index is 13.2. The highest BCUT2D eigenvalue weighted by atomic mass is 35.5. The van der Waals surface area contributed by atoms with Crippen molar-refractivity contribution in [3.63, 3.8) is 0 Å². The minimum Gasteiger partial charge on any atom is -0.434 e. The van der Waals surface area contributed by atoms with Crippen molar-refractivity contribution < 1.29 is 23.1 Å². The number of anilines is 1. The Morgan fingerprint density at radius 1 is 1.34 bits per heavy atom. The van der Waals surface area contributed by atoms with E-state index in [1.807, 2.05) is 0 Å². The summed E-state index contributed by atoms with van der Waals surface area (Å²) >= 11 is 6.14. The van der Waals surface area contributed by atoms with Gasteiger partial charge in [0.05, 0.1) is 18.1 Å². The molecule has 1 saturated heterocycles. The lowest BCUT2D eigenvalue weighted by Crippen LogP contribution is -2.24. The number of likely N-dealkylation sites (tertiary alicyclic amines) is 1. The molecule has 5 rings (SSSR count). The van der Waals surface area contributed by atoms with Crippen LogP contribution in [0.15, 0.2) is 49.1 Å². The Bertz CT molecular complexity index is 1440. The maximum Gasteiger partial charge on any atom is 0.387 e. The van der Waals surface area contributed by atoms with E-state index in [4.69, 9.17) is 11.6 Å². The third-order valence-corrected chi connectivity index (χ3v) is 5.87. The number of carbonyl (C=O) groups excluding carboxylic acids is 2. The van der Waals surface area contributed by atoms with Crippen LogP contribution in [0.1, 0.15) is 22.8 Å². The van der Waals surface area contributed by atoms with Gasteiger partial charge < -0.3 is 15.0 Å². The predicted octanol–water partition coefficient (Wildman–Crippen LogP) is 3.50. The minimum absolute atomic E-state index is 0.114. The van der Waals surface area contributed by atoms with Crippen molar-refractivity contribution in [3.05, 3.63) is 59.6 Å². The zero-order valence-corrected chi connectivity index (χ0v) is 19.0. The highest BCUT2D eigenvalue weighted by Gasteiger charge is 2.33. The second-order valence-electron chi connectivity index (χ2n) is 7.85. The number of hydrogen-bond acceptors (Lipinski definition) is 6. The molecule has 1 aliphatic rings. The molecule has 35 heavy (non-hydrogen) atoms. The third-order valence-electron chi connectivity index (χ3n) is 5.64. The number of carbonyl (C=O) groups is 2. The molecule has 2 amide bonds. The largest absolute Gasteiger partial charge is 0.434 e. The molecule has 1 unspecified atom stereocenters. The summed E-state index contributed by atoms with van der Waals surface area (Å²) < 4.78 is 33.7. The molecule has 1 aliphatic heterocycles. The van der Waals surface area contributed by atoms with E-state index in [0.717, 1.165) is 0 Å². The molecule has 4 aromatic rings. The Morgan fingerprint density at radius 2 is 2.17 bits per heavy atom. The summed E-state index contributed by atoms with van der Waals surface area (Å²) in [6.07, 6.45) is 6.52. The van der Waals surface area contributed by atoms with Crippen molar-refractivity contribution in [1.29, 1.82) is 0 Å². The summed E-state index contributed by atoms with van der Waals surface area (Å²) in [5.41, 5.74) is 0.938. The molecular formula is C22H18ClF2N7O3. The summed E-state index contributed by atoms with van der Waals surface area (Å²) in [5, 5.41) is 11.6. The van der Waals surface area contributed by atoms with Crippen LogP contribution in [0.3, 0.4) is 0 Å². The van der Waals surface area contributed by atoms with Gasteiger partial charge in [-0.25, -0.2) is 9.50 Å². The molecule has 0 spiro atoms. The fourth-order valence-corrected chi connectivity index (χ4v) is 4.13. The third kappa shape index (κ3) is 4.28. The van der Waals surface area contributed by atoms with E-state index in [2.05, 4.69) is 25.2 Å². The summed E-state index contributed by atoms with van der Waals surface area (Å²) in [7, 11) is 1.68. The average Bonchev–Trinajstić information content (AvgIpc) is 3.52. The molecule has 180 valence electrons. The van der Waals surface area contributed by atoms with Gasteiger partial charge in [-0.2, -0.15) is 19.0 Å². The quantitative estimate of drug-likeness (QED) is 0.433. The fraction of sp³-hybridized carbons (Fsp3) is 0.227. The number of fused-ring (bicyclic) bond motifs is 1. The first-order chi connectivity index (χ1) is 16.8. The van der Waals surface area contributed by atoms with Crippen molar-refractivity contribution in [2.75, 3.05) is 18.9 Å². The lowest BCUT2D eigenvalue weighted by atomic mass is 10.1. The van der Waals surface area contributed by atoms with E-state index in [0.29, 0.717) is 18.6 Å². The summed E-state index contributed by atoms with van der Waals surface area (Å²) in [5.74, 6) is -0.885. The second-order valence-corrected chi connectivity index (χ2v) is 8.29. The standard InChI is InChI=1S/C22H18ClF2N7O3/c1-30-8-5-16(21(30)34)32-11-15(28-20(33)14-10-27-31-7-2-6-26-19(14)31)18(29-32)13-9-12(23)3-4-17(13)35-22(24)25/h2-4,6-7,9-11,16,22H,5,8H2,1H3,(H,28,33). The van der Waals surface area contributed by atoms with E-state index in [1.165, 1.54) is 46.0 Å². The molecule has 1 N–H and O–H groups in total. The molecule has 13 heteroatoms. The zero-order valence-electron chi connectivity index (χ0n) is 18.2. The smallest absolute Gasteiger partial charge is 0.387 e. The number of benzene rings is 1. The van der Waals surface area contributed by atoms with Crippen molar-refractivity contribution >= 4 is 34.7 Å². The molecule has 4 heterocycles. The molecule has 3 aromatic heterocycles. The number of likely N-dealkylation sites (N-methyl/N-ethyl adjacent to an activating group) is 1. The summed E-state index contributed by atoms with van der Waals surface area (Å²) in [6, 6.07) is 5.15. The highest BCUT2D eigenvalue weighted by molar-refractivity contribution is 6.31. The van der Waals surface area contributed by atoms with E-state index in [9.17, 15) is 18.4 Å². The maximum atomic E-state index is 13.2. The van der Waals surface area contributed by atoms with Crippen LogP contribution >= 0.6 is 11.6 Å². The van der Waals surface area contributed by atoms with Crippen molar-refractivity contribution in [2.24, 2.45) is 0 Å². The van der Waals surface area contributed by atoms with Gasteiger partial charge in [-0.1, -0.05) is 11.6 Å². The molecule has 1 atom stereocenters. The van der Waals surface area contributed by atoms with Gasteiger partial charge >= 0.3 is 6.61 Å². The lowest BCUT2D eigenvalue weighted by Gasteiger charge is -2.12. The van der Waals surface area contributed by atoms with Gasteiger partial charge in [-0.3, -0.25) is 14.3 Å². The number of ether oxygens (including phenoxy) is 1. The number of nitrogens with one attached hydrogen (secondary N) is 1. The number of hydrogen-bond donors (Lipinski definition) is 1. The number of amides is 2. The van der Waals surface area contributed by atoms with Gasteiger partial charge in [0.2, 0.25) is 5.91 Å². The Balaban J connectivity index is 1.59. The molecule has 0 aliphatic carbocycles. The van der Waals surface area contributed by atoms with Crippen LogP contribution in [0.2, 0.25) is 5.02 Å². The fourth-order valence-electron chi connectivity index (χ4n) is 3.95.